The van der Waals surface area contributed by atoms with Crippen LogP contribution in [-0.4, -0.2) is 24.8 Å². The molecule has 0 radical (unpaired) electrons. The third kappa shape index (κ3) is 5.03. The number of carbonyl (C=O) groups is 1. The van der Waals surface area contributed by atoms with Gasteiger partial charge in [-0.05, 0) is 36.8 Å². The minimum atomic E-state index is -1.00. The number of aromatic carboxylic acids is 1. The number of carboxylic acids is 1. The second-order valence-corrected chi connectivity index (χ2v) is 6.62. The Bertz CT molecular complexity index is 767. The van der Waals surface area contributed by atoms with Crippen LogP contribution in [0.25, 0.3) is 0 Å². The molecule has 0 atom stereocenters. The first-order valence-electron chi connectivity index (χ1n) is 7.72. The molecule has 5 nitrogen and oxygen atoms in total. The first-order chi connectivity index (χ1) is 12.0. The molecular weight excluding hydrogens is 410 g/mol. The molecule has 0 aromatic heterocycles. The van der Waals surface area contributed by atoms with Crippen molar-refractivity contribution in [2.75, 3.05) is 19.0 Å². The summed E-state index contributed by atoms with van der Waals surface area (Å²) in [6, 6.07) is 8.30. The van der Waals surface area contributed by atoms with E-state index in [0.29, 0.717) is 35.4 Å². The quantitative estimate of drug-likeness (QED) is 0.604. The molecular formula is C18H19BrClNO4. The Morgan fingerprint density at radius 2 is 2.08 bits per heavy atom. The summed E-state index contributed by atoms with van der Waals surface area (Å²) in [5, 5.41) is 12.7. The molecule has 0 aliphatic heterocycles. The van der Waals surface area contributed by atoms with E-state index in [0.717, 1.165) is 16.5 Å². The van der Waals surface area contributed by atoms with Crippen molar-refractivity contribution in [3.63, 3.8) is 0 Å². The number of rotatable bonds is 8. The van der Waals surface area contributed by atoms with Crippen LogP contribution in [0.3, 0.4) is 0 Å². The summed E-state index contributed by atoms with van der Waals surface area (Å²) in [5.74, 6) is 0.284. The molecule has 0 aliphatic carbocycles. The first kappa shape index (κ1) is 19.4. The van der Waals surface area contributed by atoms with Crippen molar-refractivity contribution >= 4 is 39.2 Å². The van der Waals surface area contributed by atoms with Gasteiger partial charge in [-0.2, -0.15) is 0 Å². The maximum atomic E-state index is 11.1. The van der Waals surface area contributed by atoms with Crippen molar-refractivity contribution in [3.05, 3.63) is 51.0 Å². The molecule has 0 spiro atoms. The molecule has 0 bridgehead atoms. The molecule has 0 saturated carbocycles. The van der Waals surface area contributed by atoms with Gasteiger partial charge in [0.15, 0.2) is 11.5 Å². The Labute approximate surface area is 160 Å². The van der Waals surface area contributed by atoms with Crippen LogP contribution >= 0.6 is 27.5 Å². The largest absolute Gasteiger partial charge is 0.493 e. The molecule has 0 amide bonds. The highest BCUT2D eigenvalue weighted by Gasteiger charge is 2.14. The van der Waals surface area contributed by atoms with Crippen molar-refractivity contribution < 1.29 is 19.4 Å². The van der Waals surface area contributed by atoms with E-state index in [1.807, 2.05) is 19.1 Å². The van der Waals surface area contributed by atoms with E-state index in [1.54, 1.807) is 13.2 Å². The molecule has 0 aliphatic rings. The van der Waals surface area contributed by atoms with Crippen LogP contribution in [0.1, 0.15) is 29.3 Å². The molecule has 134 valence electrons. The lowest BCUT2D eigenvalue weighted by atomic mass is 10.1. The van der Waals surface area contributed by atoms with Gasteiger partial charge in [-0.25, -0.2) is 4.79 Å². The molecule has 2 N–H and O–H groups in total. The summed E-state index contributed by atoms with van der Waals surface area (Å²) in [7, 11) is 1.59. The van der Waals surface area contributed by atoms with Crippen LogP contribution in [-0.2, 0) is 6.54 Å². The van der Waals surface area contributed by atoms with Gasteiger partial charge in [0.25, 0.3) is 0 Å². The molecule has 2 rings (SSSR count). The van der Waals surface area contributed by atoms with Crippen LogP contribution in [0.2, 0.25) is 5.02 Å². The summed E-state index contributed by atoms with van der Waals surface area (Å²) < 4.78 is 12.1. The summed E-state index contributed by atoms with van der Waals surface area (Å²) in [6.45, 7) is 3.00. The van der Waals surface area contributed by atoms with Crippen LogP contribution < -0.4 is 14.8 Å². The number of nitrogens with one attached hydrogen (secondary N) is 1. The third-order valence-electron chi connectivity index (χ3n) is 3.45. The number of anilines is 1. The van der Waals surface area contributed by atoms with E-state index in [9.17, 15) is 4.79 Å². The van der Waals surface area contributed by atoms with Gasteiger partial charge in [0, 0.05) is 16.6 Å². The monoisotopic (exact) mass is 427 g/mol. The fourth-order valence-electron chi connectivity index (χ4n) is 2.26. The molecule has 2 aromatic carbocycles. The van der Waals surface area contributed by atoms with E-state index < -0.39 is 5.97 Å². The van der Waals surface area contributed by atoms with Gasteiger partial charge in [-0.3, -0.25) is 0 Å². The highest BCUT2D eigenvalue weighted by atomic mass is 79.9. The van der Waals surface area contributed by atoms with Crippen LogP contribution in [0.5, 0.6) is 11.5 Å². The van der Waals surface area contributed by atoms with E-state index >= 15 is 0 Å². The van der Waals surface area contributed by atoms with Crippen molar-refractivity contribution in [1.29, 1.82) is 0 Å². The van der Waals surface area contributed by atoms with E-state index in [2.05, 4.69) is 21.2 Å². The summed E-state index contributed by atoms with van der Waals surface area (Å²) in [5.41, 5.74) is 1.58. The Hall–Kier alpha value is -1.92. The Morgan fingerprint density at radius 3 is 2.72 bits per heavy atom. The predicted octanol–water partition coefficient (Wildman–Crippen LogP) is 5.21. The highest BCUT2D eigenvalue weighted by molar-refractivity contribution is 9.10. The SMILES string of the molecule is CCCOc1c(CNc2cc(C(=O)O)ccc2Cl)cc(Br)cc1OC. The molecule has 0 saturated heterocycles. The molecule has 25 heavy (non-hydrogen) atoms. The average molecular weight is 429 g/mol. The van der Waals surface area contributed by atoms with Crippen LogP contribution in [0.15, 0.2) is 34.8 Å². The normalized spacial score (nSPS) is 10.4. The van der Waals surface area contributed by atoms with Crippen LogP contribution in [0.4, 0.5) is 5.69 Å². The molecule has 0 fully saturated rings. The zero-order valence-corrected chi connectivity index (χ0v) is 16.3. The van der Waals surface area contributed by atoms with Gasteiger partial charge >= 0.3 is 5.97 Å². The number of halogens is 2. The van der Waals surface area contributed by atoms with Gasteiger partial charge in [0.05, 0.1) is 30.0 Å². The number of ether oxygens (including phenoxy) is 2. The summed E-state index contributed by atoms with van der Waals surface area (Å²) >= 11 is 9.62. The van der Waals surface area contributed by atoms with Crippen molar-refractivity contribution in [2.45, 2.75) is 19.9 Å². The lowest BCUT2D eigenvalue weighted by Crippen LogP contribution is -2.07. The topological polar surface area (TPSA) is 67.8 Å². The number of methoxy groups -OCH3 is 1. The first-order valence-corrected chi connectivity index (χ1v) is 8.89. The second-order valence-electron chi connectivity index (χ2n) is 5.30. The summed E-state index contributed by atoms with van der Waals surface area (Å²) in [4.78, 5) is 11.1. The summed E-state index contributed by atoms with van der Waals surface area (Å²) in [6.07, 6.45) is 0.874. The van der Waals surface area contributed by atoms with Crippen molar-refractivity contribution in [1.82, 2.24) is 0 Å². The van der Waals surface area contributed by atoms with Crippen molar-refractivity contribution in [2.24, 2.45) is 0 Å². The molecule has 0 heterocycles. The highest BCUT2D eigenvalue weighted by Crippen LogP contribution is 2.36. The predicted molar refractivity (Wildman–Crippen MR) is 102 cm³/mol. The van der Waals surface area contributed by atoms with Crippen LogP contribution in [0, 0.1) is 0 Å². The maximum Gasteiger partial charge on any atom is 0.335 e. The zero-order valence-electron chi connectivity index (χ0n) is 13.9. The number of carboxylic acid groups (broad SMARTS) is 1. The van der Waals surface area contributed by atoms with Crippen molar-refractivity contribution in [3.8, 4) is 11.5 Å². The van der Waals surface area contributed by atoms with Gasteiger partial charge in [-0.15, -0.1) is 0 Å². The van der Waals surface area contributed by atoms with Gasteiger partial charge in [0.2, 0.25) is 0 Å². The number of hydrogen-bond acceptors (Lipinski definition) is 4. The number of benzene rings is 2. The van der Waals surface area contributed by atoms with E-state index in [4.69, 9.17) is 26.2 Å². The third-order valence-corrected chi connectivity index (χ3v) is 4.24. The second kappa shape index (κ2) is 8.97. The smallest absolute Gasteiger partial charge is 0.335 e. The lowest BCUT2D eigenvalue weighted by molar-refractivity contribution is 0.0697. The maximum absolute atomic E-state index is 11.1. The Kier molecular flexibility index (Phi) is 6.96. The Balaban J connectivity index is 2.29. The van der Waals surface area contributed by atoms with Gasteiger partial charge in [-0.1, -0.05) is 34.5 Å². The Morgan fingerprint density at radius 1 is 1.32 bits per heavy atom. The van der Waals surface area contributed by atoms with E-state index in [1.165, 1.54) is 12.1 Å². The molecule has 2 aromatic rings. The minimum absolute atomic E-state index is 0.168. The minimum Gasteiger partial charge on any atom is -0.493 e. The van der Waals surface area contributed by atoms with Gasteiger partial charge in [0.1, 0.15) is 0 Å². The standard InChI is InChI=1S/C18H19BrClNO4/c1-3-6-25-17-12(7-13(19)9-16(17)24-2)10-21-15-8-11(18(22)23)4-5-14(15)20/h4-5,7-9,21H,3,6,10H2,1-2H3,(H,22,23). The molecule has 7 heteroatoms. The lowest BCUT2D eigenvalue weighted by Gasteiger charge is -2.17. The van der Waals surface area contributed by atoms with Gasteiger partial charge < -0.3 is 19.9 Å². The zero-order chi connectivity index (χ0) is 18.4. The average Bonchev–Trinajstić information content (AvgIpc) is 2.59. The fraction of sp³-hybridized carbons (Fsp3) is 0.278. The molecule has 0 unspecified atom stereocenters. The number of hydrogen-bond donors (Lipinski definition) is 2. The van der Waals surface area contributed by atoms with E-state index in [-0.39, 0.29) is 5.56 Å². The fourth-order valence-corrected chi connectivity index (χ4v) is 2.93.